The van der Waals surface area contributed by atoms with Crippen LogP contribution in [0.15, 0.2) is 71.1 Å². The van der Waals surface area contributed by atoms with Crippen molar-refractivity contribution in [2.45, 2.75) is 39.3 Å². The zero-order chi connectivity index (χ0) is 34.1. The van der Waals surface area contributed by atoms with Crippen LogP contribution in [0.5, 0.6) is 0 Å². The number of ether oxygens (including phenoxy) is 1. The summed E-state index contributed by atoms with van der Waals surface area (Å²) < 4.78 is 11.4. The van der Waals surface area contributed by atoms with Crippen molar-refractivity contribution in [1.29, 1.82) is 0 Å². The van der Waals surface area contributed by atoms with E-state index in [0.29, 0.717) is 12.4 Å². The van der Waals surface area contributed by atoms with Gasteiger partial charge in [-0.25, -0.2) is 5.48 Å². The van der Waals surface area contributed by atoms with Crippen LogP contribution < -0.4 is 10.8 Å². The van der Waals surface area contributed by atoms with Gasteiger partial charge in [0, 0.05) is 19.5 Å². The van der Waals surface area contributed by atoms with Gasteiger partial charge < -0.3 is 19.4 Å². The van der Waals surface area contributed by atoms with E-state index < -0.39 is 53.8 Å². The molecule has 12 nitrogen and oxygen atoms in total. The average molecular weight is 683 g/mol. The molecule has 4 amide bonds. The lowest BCUT2D eigenvalue weighted by atomic mass is 9.83. The third-order valence-corrected chi connectivity index (χ3v) is 8.00. The highest BCUT2D eigenvalue weighted by molar-refractivity contribution is 6.21. The van der Waals surface area contributed by atoms with Crippen molar-refractivity contribution in [3.8, 4) is 0 Å². The summed E-state index contributed by atoms with van der Waals surface area (Å²) in [4.78, 5) is 70.3. The minimum Gasteiger partial charge on any atom is -0.455 e. The molecule has 2 aromatic carbocycles. The SMILES string of the molecule is CC(C)C[C@@H](C(=O)N[C@@H](Cc1ccccc1)C(=O)c1ccc(COCCN(C)C)o1)C(CN1C(=O)c2ccccc2C1=O)C(=O)NO.Cl. The second kappa shape index (κ2) is 17.7. The number of hydrogen-bond acceptors (Lipinski definition) is 9. The predicted molar refractivity (Wildman–Crippen MR) is 179 cm³/mol. The quantitative estimate of drug-likeness (QED) is 0.0634. The summed E-state index contributed by atoms with van der Waals surface area (Å²) in [7, 11) is 3.87. The molecule has 0 aliphatic carbocycles. The summed E-state index contributed by atoms with van der Waals surface area (Å²) in [5.74, 6) is -5.29. The van der Waals surface area contributed by atoms with Crippen LogP contribution >= 0.6 is 12.4 Å². The number of fused-ring (bicyclic) bond motifs is 1. The standard InChI is InChI=1S/C35H42N4O8.ClH/c1-22(2)18-27(28(33(42)37-45)20-39-34(43)25-12-8-9-13-26(25)35(39)44)32(41)36-29(19-23-10-6-5-7-11-23)31(40)30-15-14-24(47-30)21-46-17-16-38(3)4;/h5-15,22,27-29,45H,16-21H2,1-4H3,(H,36,41)(H,37,42);1H/t27-,28?,29+;/m1./s1. The number of benzene rings is 2. The molecule has 1 aliphatic rings. The van der Waals surface area contributed by atoms with E-state index in [0.717, 1.165) is 17.0 Å². The summed E-state index contributed by atoms with van der Waals surface area (Å²) in [6.45, 7) is 4.63. The van der Waals surface area contributed by atoms with Crippen LogP contribution in [0.1, 0.15) is 62.9 Å². The Labute approximate surface area is 286 Å². The summed E-state index contributed by atoms with van der Waals surface area (Å²) in [6.07, 6.45) is 0.291. The first-order valence-corrected chi connectivity index (χ1v) is 15.6. The second-order valence-corrected chi connectivity index (χ2v) is 12.3. The Morgan fingerprint density at radius 3 is 2.10 bits per heavy atom. The highest BCUT2D eigenvalue weighted by atomic mass is 35.5. The number of nitrogens with one attached hydrogen (secondary N) is 2. The Morgan fingerprint density at radius 1 is 0.896 bits per heavy atom. The van der Waals surface area contributed by atoms with Crippen molar-refractivity contribution in [2.75, 3.05) is 33.8 Å². The lowest BCUT2D eigenvalue weighted by Crippen LogP contribution is -2.51. The van der Waals surface area contributed by atoms with Crippen molar-refractivity contribution in [3.63, 3.8) is 0 Å². The van der Waals surface area contributed by atoms with Crippen LogP contribution in [0.25, 0.3) is 0 Å². The molecule has 0 saturated heterocycles. The zero-order valence-electron chi connectivity index (χ0n) is 27.5. The first-order chi connectivity index (χ1) is 22.5. The summed E-state index contributed by atoms with van der Waals surface area (Å²) in [5, 5.41) is 12.5. The van der Waals surface area contributed by atoms with Crippen molar-refractivity contribution in [3.05, 3.63) is 94.9 Å². The minimum atomic E-state index is -1.31. The number of rotatable bonds is 17. The monoisotopic (exact) mass is 682 g/mol. The third kappa shape index (κ3) is 9.60. The van der Waals surface area contributed by atoms with Gasteiger partial charge in [0.2, 0.25) is 17.6 Å². The average Bonchev–Trinajstić information content (AvgIpc) is 3.62. The Hall–Kier alpha value is -4.36. The molecule has 1 aliphatic heterocycles. The van der Waals surface area contributed by atoms with Gasteiger partial charge in [-0.15, -0.1) is 12.4 Å². The number of carbonyl (C=O) groups is 5. The molecular weight excluding hydrogens is 640 g/mol. The van der Waals surface area contributed by atoms with Gasteiger partial charge in [-0.05, 0) is 56.3 Å². The Kier molecular flexibility index (Phi) is 14.0. The highest BCUT2D eigenvalue weighted by Crippen LogP contribution is 2.28. The Morgan fingerprint density at radius 2 is 1.52 bits per heavy atom. The van der Waals surface area contributed by atoms with Crippen LogP contribution in [-0.2, 0) is 27.4 Å². The molecule has 3 atom stereocenters. The lowest BCUT2D eigenvalue weighted by Gasteiger charge is -2.30. The van der Waals surface area contributed by atoms with Crippen molar-refractivity contribution in [2.24, 2.45) is 17.8 Å². The lowest BCUT2D eigenvalue weighted by molar-refractivity contribution is -0.141. The van der Waals surface area contributed by atoms with E-state index in [1.807, 2.05) is 63.2 Å². The summed E-state index contributed by atoms with van der Waals surface area (Å²) in [5.41, 5.74) is 2.77. The molecule has 0 radical (unpaired) electrons. The maximum absolute atomic E-state index is 14.1. The van der Waals surface area contributed by atoms with Gasteiger partial charge in [-0.3, -0.25) is 34.1 Å². The van der Waals surface area contributed by atoms with Crippen LogP contribution in [-0.4, -0.2) is 84.3 Å². The number of furan rings is 1. The molecule has 0 bridgehead atoms. The molecule has 3 N–H and O–H groups in total. The van der Waals surface area contributed by atoms with Gasteiger partial charge in [-0.1, -0.05) is 56.3 Å². The third-order valence-electron chi connectivity index (χ3n) is 8.00. The van der Waals surface area contributed by atoms with E-state index in [1.54, 1.807) is 23.7 Å². The van der Waals surface area contributed by atoms with Gasteiger partial charge in [0.25, 0.3) is 11.8 Å². The largest absolute Gasteiger partial charge is 0.455 e. The molecule has 258 valence electrons. The van der Waals surface area contributed by atoms with Crippen molar-refractivity contribution in [1.82, 2.24) is 20.6 Å². The number of carbonyl (C=O) groups excluding carboxylic acids is 5. The fraction of sp³-hybridized carbons (Fsp3) is 0.400. The van der Waals surface area contributed by atoms with E-state index in [4.69, 9.17) is 9.15 Å². The minimum absolute atomic E-state index is 0. The fourth-order valence-corrected chi connectivity index (χ4v) is 5.56. The highest BCUT2D eigenvalue weighted by Gasteiger charge is 2.43. The summed E-state index contributed by atoms with van der Waals surface area (Å²) >= 11 is 0. The number of Topliss-reactive ketones (excluding diaryl/α,β-unsaturated/α-hetero) is 1. The number of ketones is 1. The fourth-order valence-electron chi connectivity index (χ4n) is 5.56. The molecule has 1 aromatic heterocycles. The van der Waals surface area contributed by atoms with Gasteiger partial charge in [0.15, 0.2) is 5.76 Å². The topological polar surface area (TPSA) is 158 Å². The molecule has 0 spiro atoms. The van der Waals surface area contributed by atoms with Crippen LogP contribution in [0.3, 0.4) is 0 Å². The number of amides is 4. The van der Waals surface area contributed by atoms with Gasteiger partial charge in [-0.2, -0.15) is 0 Å². The number of likely N-dealkylation sites (N-methyl/N-ethyl adjacent to an activating group) is 1. The zero-order valence-corrected chi connectivity index (χ0v) is 28.3. The maximum Gasteiger partial charge on any atom is 0.261 e. The molecule has 48 heavy (non-hydrogen) atoms. The Bertz CT molecular complexity index is 1540. The number of imide groups is 1. The van der Waals surface area contributed by atoms with Crippen LogP contribution in [0.2, 0.25) is 0 Å². The van der Waals surface area contributed by atoms with Gasteiger partial charge in [0.1, 0.15) is 12.4 Å². The normalized spacial score (nSPS) is 14.4. The maximum atomic E-state index is 14.1. The van der Waals surface area contributed by atoms with Gasteiger partial charge in [0.05, 0.1) is 35.6 Å². The molecule has 2 heterocycles. The van der Waals surface area contributed by atoms with E-state index in [-0.39, 0.29) is 54.7 Å². The molecular formula is C35H43ClN4O8. The van der Waals surface area contributed by atoms with Gasteiger partial charge >= 0.3 is 0 Å². The molecule has 1 unspecified atom stereocenters. The van der Waals surface area contributed by atoms with E-state index in [2.05, 4.69) is 5.32 Å². The van der Waals surface area contributed by atoms with Crippen LogP contribution in [0.4, 0.5) is 0 Å². The second-order valence-electron chi connectivity index (χ2n) is 12.3. The summed E-state index contributed by atoms with van der Waals surface area (Å²) in [6, 6.07) is 17.5. The number of nitrogens with zero attached hydrogens (tertiary/aromatic N) is 2. The molecule has 0 fully saturated rings. The number of hydrogen-bond donors (Lipinski definition) is 3. The van der Waals surface area contributed by atoms with Crippen molar-refractivity contribution >= 4 is 41.8 Å². The first kappa shape index (κ1) is 38.1. The molecule has 0 saturated carbocycles. The van der Waals surface area contributed by atoms with Crippen molar-refractivity contribution < 1.29 is 38.3 Å². The number of halogens is 1. The number of hydroxylamine groups is 1. The van der Waals surface area contributed by atoms with E-state index in [1.165, 1.54) is 18.2 Å². The van der Waals surface area contributed by atoms with Crippen LogP contribution in [0, 0.1) is 17.8 Å². The Balaban J connectivity index is 0.00000625. The van der Waals surface area contributed by atoms with E-state index >= 15 is 0 Å². The first-order valence-electron chi connectivity index (χ1n) is 15.6. The molecule has 3 aromatic rings. The molecule has 13 heteroatoms. The molecule has 4 rings (SSSR count). The van der Waals surface area contributed by atoms with E-state index in [9.17, 15) is 29.2 Å². The smallest absolute Gasteiger partial charge is 0.261 e. The predicted octanol–water partition coefficient (Wildman–Crippen LogP) is 3.77.